The van der Waals surface area contributed by atoms with Crippen LogP contribution in [0.4, 0.5) is 0 Å². The molecule has 3 rings (SSSR count). The van der Waals surface area contributed by atoms with E-state index in [9.17, 15) is 5.11 Å². The fourth-order valence-corrected chi connectivity index (χ4v) is 2.76. The van der Waals surface area contributed by atoms with Gasteiger partial charge < -0.3 is 14.4 Å². The fraction of sp³-hybridized carbons (Fsp3) is 0.467. The van der Waals surface area contributed by atoms with E-state index < -0.39 is 6.10 Å². The van der Waals surface area contributed by atoms with E-state index in [0.29, 0.717) is 17.4 Å². The third-order valence-corrected chi connectivity index (χ3v) is 4.03. The second-order valence-corrected chi connectivity index (χ2v) is 5.70. The number of aryl methyl sites for hydroxylation is 1. The minimum absolute atomic E-state index is 0.348. The quantitative estimate of drug-likeness (QED) is 0.943. The smallest absolute Gasteiger partial charge is 0.171 e. The molecule has 0 amide bonds. The Kier molecular flexibility index (Phi) is 4.12. The normalized spacial score (nSPS) is 15.6. The lowest BCUT2D eigenvalue weighted by Crippen LogP contribution is -2.14. The lowest BCUT2D eigenvalue weighted by molar-refractivity contribution is 0.199. The van der Waals surface area contributed by atoms with Crippen molar-refractivity contribution in [1.82, 2.24) is 14.8 Å². The molecule has 0 bridgehead atoms. The lowest BCUT2D eigenvalue weighted by Gasteiger charge is -2.15. The molecule has 21 heavy (non-hydrogen) atoms. The molecule has 6 heteroatoms. The van der Waals surface area contributed by atoms with Gasteiger partial charge in [0.05, 0.1) is 11.1 Å². The molecule has 1 aliphatic rings. The summed E-state index contributed by atoms with van der Waals surface area (Å²) in [5, 5.41) is 18.4. The molecule has 0 saturated heterocycles. The molecule has 0 saturated carbocycles. The number of hydrogen-bond acceptors (Lipinski definition) is 4. The summed E-state index contributed by atoms with van der Waals surface area (Å²) < 4.78 is 7.87. The minimum Gasteiger partial charge on any atom is -0.484 e. The number of aliphatic hydroxyl groups is 1. The van der Waals surface area contributed by atoms with Crippen LogP contribution in [0.15, 0.2) is 18.2 Å². The van der Waals surface area contributed by atoms with Crippen molar-refractivity contribution < 1.29 is 9.84 Å². The van der Waals surface area contributed by atoms with Gasteiger partial charge in [0.1, 0.15) is 18.2 Å². The zero-order valence-corrected chi connectivity index (χ0v) is 12.7. The SMILES string of the molecule is C[C@@H](O)c1ccc(OCc2nnc3n2CCCC3)c(Cl)c1. The predicted octanol–water partition coefficient (Wildman–Crippen LogP) is 2.90. The first-order chi connectivity index (χ1) is 10.1. The summed E-state index contributed by atoms with van der Waals surface area (Å²) >= 11 is 6.18. The van der Waals surface area contributed by atoms with E-state index in [1.165, 1.54) is 6.42 Å². The van der Waals surface area contributed by atoms with Gasteiger partial charge in [-0.15, -0.1) is 10.2 Å². The van der Waals surface area contributed by atoms with Crippen molar-refractivity contribution in [1.29, 1.82) is 0 Å². The average molecular weight is 308 g/mol. The molecule has 0 unspecified atom stereocenters. The predicted molar refractivity (Wildman–Crippen MR) is 79.4 cm³/mol. The maximum atomic E-state index is 9.53. The highest BCUT2D eigenvalue weighted by atomic mass is 35.5. The molecule has 112 valence electrons. The minimum atomic E-state index is -0.542. The Morgan fingerprint density at radius 2 is 2.24 bits per heavy atom. The Morgan fingerprint density at radius 1 is 1.38 bits per heavy atom. The van der Waals surface area contributed by atoms with Gasteiger partial charge in [0.15, 0.2) is 5.82 Å². The third kappa shape index (κ3) is 3.04. The number of rotatable bonds is 4. The third-order valence-electron chi connectivity index (χ3n) is 3.73. The summed E-state index contributed by atoms with van der Waals surface area (Å²) in [7, 11) is 0. The van der Waals surface area contributed by atoms with Crippen LogP contribution < -0.4 is 4.74 Å². The molecule has 0 spiro atoms. The van der Waals surface area contributed by atoms with Crippen LogP contribution in [0, 0.1) is 0 Å². The Bertz CT molecular complexity index is 640. The second-order valence-electron chi connectivity index (χ2n) is 5.30. The molecule has 1 aromatic heterocycles. The van der Waals surface area contributed by atoms with Gasteiger partial charge in [-0.2, -0.15) is 0 Å². The van der Waals surface area contributed by atoms with Crippen LogP contribution in [0.25, 0.3) is 0 Å². The number of aliphatic hydroxyl groups excluding tert-OH is 1. The van der Waals surface area contributed by atoms with Crippen LogP contribution in [-0.2, 0) is 19.6 Å². The van der Waals surface area contributed by atoms with Crippen LogP contribution in [0.3, 0.4) is 0 Å². The first-order valence-corrected chi connectivity index (χ1v) is 7.54. The largest absolute Gasteiger partial charge is 0.484 e. The number of nitrogens with zero attached hydrogens (tertiary/aromatic N) is 3. The number of ether oxygens (including phenoxy) is 1. The lowest BCUT2D eigenvalue weighted by atomic mass is 10.1. The van der Waals surface area contributed by atoms with Crippen molar-refractivity contribution in [3.8, 4) is 5.75 Å². The highest BCUT2D eigenvalue weighted by Gasteiger charge is 2.16. The highest BCUT2D eigenvalue weighted by molar-refractivity contribution is 6.32. The Labute approximate surface area is 128 Å². The van der Waals surface area contributed by atoms with Crippen LogP contribution in [0.2, 0.25) is 5.02 Å². The van der Waals surface area contributed by atoms with Crippen molar-refractivity contribution in [3.05, 3.63) is 40.4 Å². The molecule has 2 aromatic rings. The van der Waals surface area contributed by atoms with E-state index in [0.717, 1.165) is 36.6 Å². The Hall–Kier alpha value is -1.59. The molecular formula is C15H18ClN3O2. The van der Waals surface area contributed by atoms with E-state index in [1.54, 1.807) is 19.1 Å². The number of fused-ring (bicyclic) bond motifs is 1. The molecule has 0 aliphatic carbocycles. The number of benzene rings is 1. The number of aromatic nitrogens is 3. The summed E-state index contributed by atoms with van der Waals surface area (Å²) in [6.45, 7) is 3.01. The molecule has 2 heterocycles. The number of halogens is 1. The van der Waals surface area contributed by atoms with E-state index in [-0.39, 0.29) is 0 Å². The van der Waals surface area contributed by atoms with Crippen LogP contribution in [0.5, 0.6) is 5.75 Å². The Balaban J connectivity index is 1.72. The van der Waals surface area contributed by atoms with Crippen LogP contribution in [0.1, 0.15) is 43.1 Å². The molecule has 5 nitrogen and oxygen atoms in total. The van der Waals surface area contributed by atoms with E-state index >= 15 is 0 Å². The first-order valence-electron chi connectivity index (χ1n) is 7.16. The number of hydrogen-bond donors (Lipinski definition) is 1. The first kappa shape index (κ1) is 14.4. The van der Waals surface area contributed by atoms with Gasteiger partial charge in [0.25, 0.3) is 0 Å². The maximum Gasteiger partial charge on any atom is 0.171 e. The molecule has 0 fully saturated rings. The molecule has 1 aromatic carbocycles. The fourth-order valence-electron chi connectivity index (χ4n) is 2.51. The molecule has 1 aliphatic heterocycles. The van der Waals surface area contributed by atoms with Crippen molar-refractivity contribution in [2.45, 2.75) is 45.4 Å². The molecular weight excluding hydrogens is 290 g/mol. The van der Waals surface area contributed by atoms with Gasteiger partial charge in [0, 0.05) is 13.0 Å². The van der Waals surface area contributed by atoms with Crippen LogP contribution in [-0.4, -0.2) is 19.9 Å². The van der Waals surface area contributed by atoms with Crippen molar-refractivity contribution in [3.63, 3.8) is 0 Å². The topological polar surface area (TPSA) is 60.2 Å². The van der Waals surface area contributed by atoms with Gasteiger partial charge in [0.2, 0.25) is 0 Å². The zero-order valence-electron chi connectivity index (χ0n) is 11.9. The zero-order chi connectivity index (χ0) is 14.8. The molecule has 1 atom stereocenters. The monoisotopic (exact) mass is 307 g/mol. The van der Waals surface area contributed by atoms with Crippen molar-refractivity contribution in [2.24, 2.45) is 0 Å². The van der Waals surface area contributed by atoms with Gasteiger partial charge in [-0.05, 0) is 37.5 Å². The van der Waals surface area contributed by atoms with E-state index in [4.69, 9.17) is 16.3 Å². The van der Waals surface area contributed by atoms with E-state index in [2.05, 4.69) is 14.8 Å². The Morgan fingerprint density at radius 3 is 3.00 bits per heavy atom. The van der Waals surface area contributed by atoms with Crippen LogP contribution >= 0.6 is 11.6 Å². The highest BCUT2D eigenvalue weighted by Crippen LogP contribution is 2.28. The van der Waals surface area contributed by atoms with Gasteiger partial charge in [-0.3, -0.25) is 0 Å². The summed E-state index contributed by atoms with van der Waals surface area (Å²) in [4.78, 5) is 0. The summed E-state index contributed by atoms with van der Waals surface area (Å²) in [5.74, 6) is 2.46. The second kappa shape index (κ2) is 6.03. The summed E-state index contributed by atoms with van der Waals surface area (Å²) in [5.41, 5.74) is 0.771. The van der Waals surface area contributed by atoms with Crippen molar-refractivity contribution in [2.75, 3.05) is 0 Å². The standard InChI is InChI=1S/C15H18ClN3O2/c1-10(20)11-5-6-13(12(16)8-11)21-9-15-18-17-14-4-2-3-7-19(14)15/h5-6,8,10,20H,2-4,7,9H2,1H3/t10-/m1/s1. The maximum absolute atomic E-state index is 9.53. The molecule has 0 radical (unpaired) electrons. The average Bonchev–Trinajstić information content (AvgIpc) is 2.89. The van der Waals surface area contributed by atoms with E-state index in [1.807, 2.05) is 6.07 Å². The van der Waals surface area contributed by atoms with Gasteiger partial charge in [-0.1, -0.05) is 17.7 Å². The summed E-state index contributed by atoms with van der Waals surface area (Å²) in [6.07, 6.45) is 2.77. The van der Waals surface area contributed by atoms with Crippen molar-refractivity contribution >= 4 is 11.6 Å². The molecule has 1 N–H and O–H groups in total. The van der Waals surface area contributed by atoms with Gasteiger partial charge in [-0.25, -0.2) is 0 Å². The summed E-state index contributed by atoms with van der Waals surface area (Å²) in [6, 6.07) is 5.31. The van der Waals surface area contributed by atoms with Gasteiger partial charge >= 0.3 is 0 Å².